The maximum atomic E-state index is 13.4. The summed E-state index contributed by atoms with van der Waals surface area (Å²) in [6.07, 6.45) is 20.5. The predicted octanol–water partition coefficient (Wildman–Crippen LogP) is 4.37. The maximum absolute atomic E-state index is 13.4. The highest BCUT2D eigenvalue weighted by Gasteiger charge is 2.29. The number of hydrogen-bond donors (Lipinski definition) is 1. The lowest BCUT2D eigenvalue weighted by molar-refractivity contribution is 0.379. The molecule has 1 aliphatic heterocycles. The van der Waals surface area contributed by atoms with E-state index in [0.717, 1.165) is 32.1 Å². The van der Waals surface area contributed by atoms with Gasteiger partial charge in [-0.15, -0.1) is 0 Å². The smallest absolute Gasteiger partial charge is 0.136 e. The van der Waals surface area contributed by atoms with Gasteiger partial charge in [-0.25, -0.2) is 4.39 Å². The molecule has 0 saturated carbocycles. The van der Waals surface area contributed by atoms with Gasteiger partial charge in [-0.1, -0.05) is 48.6 Å². The third-order valence-electron chi connectivity index (χ3n) is 4.37. The summed E-state index contributed by atoms with van der Waals surface area (Å²) in [5.74, 6) is 0.582. The molecule has 3 aliphatic rings. The Bertz CT molecular complexity index is 496. The Balaban J connectivity index is 1.70. The van der Waals surface area contributed by atoms with Crippen LogP contribution >= 0.6 is 0 Å². The summed E-state index contributed by atoms with van der Waals surface area (Å²) < 4.78 is 13.4. The first kappa shape index (κ1) is 13.4. The number of halogens is 1. The molecule has 0 amide bonds. The molecule has 3 unspecified atom stereocenters. The van der Waals surface area contributed by atoms with Gasteiger partial charge in [-0.3, -0.25) is 0 Å². The van der Waals surface area contributed by atoms with Crippen LogP contribution in [0.1, 0.15) is 32.1 Å². The molecule has 1 saturated heterocycles. The van der Waals surface area contributed by atoms with E-state index in [1.54, 1.807) is 12.2 Å². The molecule has 0 spiro atoms. The van der Waals surface area contributed by atoms with Crippen LogP contribution < -0.4 is 5.32 Å². The molecule has 2 aliphatic carbocycles. The molecule has 1 fully saturated rings. The van der Waals surface area contributed by atoms with Gasteiger partial charge in [0.05, 0.1) is 0 Å². The van der Waals surface area contributed by atoms with Crippen molar-refractivity contribution >= 4 is 0 Å². The largest absolute Gasteiger partial charge is 0.382 e. The molecule has 0 radical (unpaired) electrons. The second-order valence-electron chi connectivity index (χ2n) is 5.80. The van der Waals surface area contributed by atoms with Crippen LogP contribution in [0.15, 0.2) is 59.9 Å². The van der Waals surface area contributed by atoms with Crippen molar-refractivity contribution in [3.63, 3.8) is 0 Å². The van der Waals surface area contributed by atoms with Crippen molar-refractivity contribution in [1.82, 2.24) is 5.32 Å². The summed E-state index contributed by atoms with van der Waals surface area (Å²) in [7, 11) is 0. The molecule has 20 heavy (non-hydrogen) atoms. The van der Waals surface area contributed by atoms with Crippen LogP contribution in [0.5, 0.6) is 0 Å². The van der Waals surface area contributed by atoms with Gasteiger partial charge < -0.3 is 5.32 Å². The molecule has 0 aromatic rings. The first-order valence-corrected chi connectivity index (χ1v) is 7.63. The number of nitrogens with one attached hydrogen (secondary N) is 1. The lowest BCUT2D eigenvalue weighted by atomic mass is 9.89. The molecule has 3 atom stereocenters. The third kappa shape index (κ3) is 3.12. The zero-order valence-electron chi connectivity index (χ0n) is 11.8. The zero-order chi connectivity index (χ0) is 13.8. The zero-order valence-corrected chi connectivity index (χ0v) is 11.8. The van der Waals surface area contributed by atoms with Crippen LogP contribution in [0.3, 0.4) is 0 Å². The van der Waals surface area contributed by atoms with E-state index in [1.165, 1.54) is 11.3 Å². The quantitative estimate of drug-likeness (QED) is 0.698. The Morgan fingerprint density at radius 3 is 3.00 bits per heavy atom. The van der Waals surface area contributed by atoms with Crippen molar-refractivity contribution in [2.24, 2.45) is 5.92 Å². The minimum absolute atomic E-state index is 0.494. The van der Waals surface area contributed by atoms with Gasteiger partial charge in [0.1, 0.15) is 6.17 Å². The van der Waals surface area contributed by atoms with Gasteiger partial charge in [0.15, 0.2) is 0 Å². The molecule has 2 heteroatoms. The van der Waals surface area contributed by atoms with E-state index >= 15 is 0 Å². The predicted molar refractivity (Wildman–Crippen MR) is 82.0 cm³/mol. The average molecular weight is 271 g/mol. The van der Waals surface area contributed by atoms with Crippen molar-refractivity contribution < 1.29 is 4.39 Å². The van der Waals surface area contributed by atoms with E-state index in [2.05, 4.69) is 29.6 Å². The molecule has 3 rings (SSSR count). The summed E-state index contributed by atoms with van der Waals surface area (Å²) in [6, 6.07) is 0.494. The van der Waals surface area contributed by atoms with E-state index in [4.69, 9.17) is 0 Å². The van der Waals surface area contributed by atoms with E-state index in [0.29, 0.717) is 12.0 Å². The lowest BCUT2D eigenvalue weighted by Crippen LogP contribution is -2.29. The van der Waals surface area contributed by atoms with E-state index in [1.807, 2.05) is 12.2 Å². The maximum Gasteiger partial charge on any atom is 0.136 e. The fraction of sp³-hybridized carbons (Fsp3) is 0.444. The second-order valence-corrected chi connectivity index (χ2v) is 5.80. The Morgan fingerprint density at radius 1 is 1.15 bits per heavy atom. The van der Waals surface area contributed by atoms with Gasteiger partial charge in [0, 0.05) is 11.7 Å². The van der Waals surface area contributed by atoms with Crippen molar-refractivity contribution in [2.45, 2.75) is 44.3 Å². The highest BCUT2D eigenvalue weighted by Crippen LogP contribution is 2.32. The summed E-state index contributed by atoms with van der Waals surface area (Å²) in [4.78, 5) is 0. The molecule has 0 aromatic heterocycles. The van der Waals surface area contributed by atoms with Crippen molar-refractivity contribution in [1.29, 1.82) is 0 Å². The lowest BCUT2D eigenvalue weighted by Gasteiger charge is -2.22. The summed E-state index contributed by atoms with van der Waals surface area (Å²) in [6.45, 7) is 0. The van der Waals surface area contributed by atoms with Gasteiger partial charge in [0.25, 0.3) is 0 Å². The second kappa shape index (κ2) is 6.25. The van der Waals surface area contributed by atoms with Gasteiger partial charge in [0.2, 0.25) is 0 Å². The molecule has 106 valence electrons. The molecule has 0 bridgehead atoms. The molecule has 1 heterocycles. The van der Waals surface area contributed by atoms with Crippen LogP contribution in [-0.2, 0) is 0 Å². The van der Waals surface area contributed by atoms with Gasteiger partial charge >= 0.3 is 0 Å². The minimum Gasteiger partial charge on any atom is -0.382 e. The fourth-order valence-corrected chi connectivity index (χ4v) is 3.24. The summed E-state index contributed by atoms with van der Waals surface area (Å²) >= 11 is 0. The standard InChI is InChI=1S/C18H22FN/c19-16-10-5-4-7-14(9-6-11-16)18-13-15-8-2-1-3-12-17(15)20-18/h1-2,5-6,8,10-12,14,16,18,20H,3-4,7,9,13H2/b10-5?,11-6-. The van der Waals surface area contributed by atoms with E-state index < -0.39 is 6.17 Å². The van der Waals surface area contributed by atoms with Crippen LogP contribution in [-0.4, -0.2) is 12.2 Å². The van der Waals surface area contributed by atoms with Crippen molar-refractivity contribution in [2.75, 3.05) is 0 Å². The minimum atomic E-state index is -0.910. The van der Waals surface area contributed by atoms with Crippen molar-refractivity contribution in [3.05, 3.63) is 59.9 Å². The van der Waals surface area contributed by atoms with Crippen molar-refractivity contribution in [3.8, 4) is 0 Å². The topological polar surface area (TPSA) is 12.0 Å². The Kier molecular flexibility index (Phi) is 4.19. The number of alkyl halides is 1. The number of hydrogen-bond acceptors (Lipinski definition) is 1. The average Bonchev–Trinajstić information content (AvgIpc) is 2.77. The summed E-state index contributed by atoms with van der Waals surface area (Å²) in [5.41, 5.74) is 2.73. The Labute approximate surface area is 120 Å². The number of allylic oxidation sites excluding steroid dienone is 9. The number of fused-ring (bicyclic) bond motifs is 1. The van der Waals surface area contributed by atoms with Crippen LogP contribution in [0.4, 0.5) is 4.39 Å². The highest BCUT2D eigenvalue weighted by molar-refractivity contribution is 5.40. The highest BCUT2D eigenvalue weighted by atomic mass is 19.1. The van der Waals surface area contributed by atoms with E-state index in [-0.39, 0.29) is 0 Å². The Hall–Kier alpha value is -1.57. The van der Waals surface area contributed by atoms with Crippen LogP contribution in [0.2, 0.25) is 0 Å². The van der Waals surface area contributed by atoms with Crippen LogP contribution in [0.25, 0.3) is 0 Å². The fourth-order valence-electron chi connectivity index (χ4n) is 3.24. The Morgan fingerprint density at radius 2 is 2.05 bits per heavy atom. The molecule has 0 aromatic carbocycles. The van der Waals surface area contributed by atoms with Crippen LogP contribution in [0, 0.1) is 5.92 Å². The normalized spacial score (nSPS) is 34.8. The van der Waals surface area contributed by atoms with E-state index in [9.17, 15) is 4.39 Å². The van der Waals surface area contributed by atoms with Gasteiger partial charge in [-0.05, 0) is 43.6 Å². The first-order chi connectivity index (χ1) is 9.83. The summed E-state index contributed by atoms with van der Waals surface area (Å²) in [5, 5.41) is 3.68. The molecular formula is C18H22FN. The molecule has 1 N–H and O–H groups in total. The SMILES string of the molecule is FC1C=CCCC(C2CC3=CC=CCC=C3N2)C/C=C\1. The third-order valence-corrected chi connectivity index (χ3v) is 4.37. The van der Waals surface area contributed by atoms with Gasteiger partial charge in [-0.2, -0.15) is 0 Å². The molecule has 1 nitrogen and oxygen atoms in total. The molecular weight excluding hydrogens is 249 g/mol. The number of rotatable bonds is 1. The monoisotopic (exact) mass is 271 g/mol. The first-order valence-electron chi connectivity index (χ1n) is 7.63.